The van der Waals surface area contributed by atoms with Gasteiger partial charge in [0.05, 0.1) is 0 Å². The van der Waals surface area contributed by atoms with Crippen LogP contribution in [0.15, 0.2) is 41.2 Å². The molecule has 3 rings (SSSR count). The van der Waals surface area contributed by atoms with E-state index in [1.807, 2.05) is 6.07 Å². The number of Topliss-reactive ketones (excluding diaryl/α,β-unsaturated/α-hetero) is 1. The molecule has 0 amide bonds. The summed E-state index contributed by atoms with van der Waals surface area (Å²) in [7, 11) is 0. The highest BCUT2D eigenvalue weighted by Gasteiger charge is 2.25. The summed E-state index contributed by atoms with van der Waals surface area (Å²) in [5.41, 5.74) is 0.951. The molecule has 1 aromatic carbocycles. The highest BCUT2D eigenvalue weighted by molar-refractivity contribution is 5.98. The monoisotopic (exact) mass is 299 g/mol. The van der Waals surface area contributed by atoms with Crippen LogP contribution < -0.4 is 10.3 Å². The normalized spacial score (nSPS) is 13.5. The first-order valence-corrected chi connectivity index (χ1v) is 6.86. The summed E-state index contributed by atoms with van der Waals surface area (Å²) in [5, 5.41) is 8.77. The lowest BCUT2D eigenvalue weighted by molar-refractivity contribution is 0.0969. The van der Waals surface area contributed by atoms with Crippen molar-refractivity contribution in [2.75, 3.05) is 0 Å². The minimum Gasteiger partial charge on any atom is -0.449 e. The number of rotatable bonds is 2. The van der Waals surface area contributed by atoms with Gasteiger partial charge in [0.15, 0.2) is 5.78 Å². The van der Waals surface area contributed by atoms with Crippen molar-refractivity contribution in [3.8, 4) is 11.4 Å². The van der Waals surface area contributed by atoms with Gasteiger partial charge in [-0.2, -0.15) is 0 Å². The third kappa shape index (κ3) is 2.39. The van der Waals surface area contributed by atoms with E-state index in [0.29, 0.717) is 36.2 Å². The molecule has 0 spiro atoms. The quantitative estimate of drug-likeness (QED) is 0.861. The van der Waals surface area contributed by atoms with E-state index < -0.39 is 11.7 Å². The molecule has 0 atom stereocenters. The zero-order valence-corrected chi connectivity index (χ0v) is 11.6. The summed E-state index contributed by atoms with van der Waals surface area (Å²) in [4.78, 5) is 35.4. The SMILES string of the molecule is O=C(O)Oc1cc2c(n(-c3ccccc3)c1=O)CCCC2=O. The van der Waals surface area contributed by atoms with Crippen molar-refractivity contribution in [2.24, 2.45) is 0 Å². The Labute approximate surface area is 125 Å². The van der Waals surface area contributed by atoms with Gasteiger partial charge in [-0.15, -0.1) is 0 Å². The Hall–Kier alpha value is -2.89. The van der Waals surface area contributed by atoms with Crippen LogP contribution in [0.2, 0.25) is 0 Å². The van der Waals surface area contributed by atoms with E-state index in [0.717, 1.165) is 0 Å². The maximum Gasteiger partial charge on any atom is 0.511 e. The van der Waals surface area contributed by atoms with Gasteiger partial charge in [-0.3, -0.25) is 14.2 Å². The standard InChI is InChI=1S/C16H13NO5/c18-13-8-4-7-12-11(13)9-14(22-16(20)21)15(19)17(12)10-5-2-1-3-6-10/h1-3,5-6,9H,4,7-8H2,(H,20,21). The number of fused-ring (bicyclic) bond motifs is 1. The van der Waals surface area contributed by atoms with Crippen molar-refractivity contribution in [2.45, 2.75) is 19.3 Å². The number of nitrogens with zero attached hydrogens (tertiary/aromatic N) is 1. The molecule has 2 aromatic rings. The number of hydrogen-bond acceptors (Lipinski definition) is 4. The lowest BCUT2D eigenvalue weighted by atomic mass is 9.94. The summed E-state index contributed by atoms with van der Waals surface area (Å²) < 4.78 is 5.92. The molecule has 1 aliphatic carbocycles. The van der Waals surface area contributed by atoms with Crippen LogP contribution in [0.1, 0.15) is 28.9 Å². The predicted molar refractivity (Wildman–Crippen MR) is 78.0 cm³/mol. The molecule has 112 valence electrons. The fourth-order valence-electron chi connectivity index (χ4n) is 2.69. The average Bonchev–Trinajstić information content (AvgIpc) is 2.49. The van der Waals surface area contributed by atoms with E-state index in [1.165, 1.54) is 10.6 Å². The lowest BCUT2D eigenvalue weighted by Gasteiger charge is -2.21. The van der Waals surface area contributed by atoms with Gasteiger partial charge in [-0.25, -0.2) is 4.79 Å². The van der Waals surface area contributed by atoms with E-state index in [2.05, 4.69) is 4.74 Å². The Kier molecular flexibility index (Phi) is 3.50. The summed E-state index contributed by atoms with van der Waals surface area (Å²) >= 11 is 0. The molecule has 1 aromatic heterocycles. The van der Waals surface area contributed by atoms with E-state index in [1.54, 1.807) is 24.3 Å². The number of benzene rings is 1. The van der Waals surface area contributed by atoms with Gasteiger partial charge in [0, 0.05) is 23.4 Å². The molecular weight excluding hydrogens is 286 g/mol. The molecule has 0 radical (unpaired) electrons. The van der Waals surface area contributed by atoms with Crippen LogP contribution in [-0.4, -0.2) is 21.6 Å². The van der Waals surface area contributed by atoms with Crippen molar-refractivity contribution in [1.29, 1.82) is 0 Å². The Balaban J connectivity index is 2.31. The molecule has 6 heteroatoms. The molecule has 0 saturated heterocycles. The number of ether oxygens (including phenoxy) is 1. The number of aromatic nitrogens is 1. The molecule has 0 aliphatic heterocycles. The summed E-state index contributed by atoms with van der Waals surface area (Å²) in [6.07, 6.45) is 0.0439. The number of para-hydroxylation sites is 1. The number of carbonyl (C=O) groups is 2. The molecule has 0 unspecified atom stereocenters. The van der Waals surface area contributed by atoms with Crippen LogP contribution in [0.5, 0.6) is 5.75 Å². The summed E-state index contributed by atoms with van der Waals surface area (Å²) in [6.45, 7) is 0. The smallest absolute Gasteiger partial charge is 0.449 e. The second-order valence-electron chi connectivity index (χ2n) is 4.99. The maximum absolute atomic E-state index is 12.5. The average molecular weight is 299 g/mol. The third-order valence-electron chi connectivity index (χ3n) is 3.60. The maximum atomic E-state index is 12.5. The molecule has 22 heavy (non-hydrogen) atoms. The number of pyridine rings is 1. The Morgan fingerprint density at radius 3 is 2.55 bits per heavy atom. The second-order valence-corrected chi connectivity index (χ2v) is 4.99. The molecule has 0 bridgehead atoms. The molecule has 1 aliphatic rings. The van der Waals surface area contributed by atoms with E-state index >= 15 is 0 Å². The van der Waals surface area contributed by atoms with Gasteiger partial charge in [-0.1, -0.05) is 18.2 Å². The van der Waals surface area contributed by atoms with Crippen LogP contribution in [0.25, 0.3) is 5.69 Å². The highest BCUT2D eigenvalue weighted by atomic mass is 16.7. The fourth-order valence-corrected chi connectivity index (χ4v) is 2.69. The predicted octanol–water partition coefficient (Wildman–Crippen LogP) is 2.41. The number of ketones is 1. The summed E-state index contributed by atoms with van der Waals surface area (Å²) in [6, 6.07) is 10.0. The van der Waals surface area contributed by atoms with Gasteiger partial charge >= 0.3 is 6.16 Å². The molecule has 1 N–H and O–H groups in total. The van der Waals surface area contributed by atoms with Gasteiger partial charge < -0.3 is 9.84 Å². The Bertz CT molecular complexity index is 807. The summed E-state index contributed by atoms with van der Waals surface area (Å²) in [5.74, 6) is -0.466. The third-order valence-corrected chi connectivity index (χ3v) is 3.60. The highest BCUT2D eigenvalue weighted by Crippen LogP contribution is 2.25. The Morgan fingerprint density at radius 2 is 1.86 bits per heavy atom. The second kappa shape index (κ2) is 5.48. The van der Waals surface area contributed by atoms with Crippen LogP contribution >= 0.6 is 0 Å². The van der Waals surface area contributed by atoms with Gasteiger partial charge in [0.1, 0.15) is 0 Å². The van der Waals surface area contributed by atoms with Crippen LogP contribution in [0.3, 0.4) is 0 Å². The van der Waals surface area contributed by atoms with Crippen LogP contribution in [0, 0.1) is 0 Å². The molecule has 0 fully saturated rings. The number of carboxylic acid groups (broad SMARTS) is 1. The van der Waals surface area contributed by atoms with Crippen LogP contribution in [0.4, 0.5) is 4.79 Å². The van der Waals surface area contributed by atoms with Crippen molar-refractivity contribution in [3.63, 3.8) is 0 Å². The number of hydrogen-bond donors (Lipinski definition) is 1. The van der Waals surface area contributed by atoms with Crippen LogP contribution in [-0.2, 0) is 6.42 Å². The topological polar surface area (TPSA) is 85.6 Å². The molecule has 0 saturated carbocycles. The first-order valence-electron chi connectivity index (χ1n) is 6.86. The van der Waals surface area contributed by atoms with E-state index in [9.17, 15) is 14.4 Å². The zero-order chi connectivity index (χ0) is 15.7. The molecule has 6 nitrogen and oxygen atoms in total. The first-order chi connectivity index (χ1) is 10.6. The fraction of sp³-hybridized carbons (Fsp3) is 0.188. The van der Waals surface area contributed by atoms with Gasteiger partial charge in [-0.05, 0) is 31.0 Å². The van der Waals surface area contributed by atoms with Gasteiger partial charge in [0.25, 0.3) is 5.56 Å². The zero-order valence-electron chi connectivity index (χ0n) is 11.6. The van der Waals surface area contributed by atoms with Crippen molar-refractivity contribution >= 4 is 11.9 Å². The number of carbonyl (C=O) groups excluding carboxylic acids is 1. The van der Waals surface area contributed by atoms with Crippen molar-refractivity contribution < 1.29 is 19.4 Å². The molecule has 1 heterocycles. The van der Waals surface area contributed by atoms with Crippen molar-refractivity contribution in [3.05, 3.63) is 58.0 Å². The largest absolute Gasteiger partial charge is 0.511 e. The van der Waals surface area contributed by atoms with Gasteiger partial charge in [0.2, 0.25) is 5.75 Å². The Morgan fingerprint density at radius 1 is 1.14 bits per heavy atom. The lowest BCUT2D eigenvalue weighted by Crippen LogP contribution is -2.29. The first kappa shape index (κ1) is 14.1. The minimum atomic E-state index is -1.58. The molecular formula is C16H13NO5. The minimum absolute atomic E-state index is 0.110. The van der Waals surface area contributed by atoms with Crippen molar-refractivity contribution in [1.82, 2.24) is 4.57 Å². The van der Waals surface area contributed by atoms with E-state index in [4.69, 9.17) is 5.11 Å². The van der Waals surface area contributed by atoms with E-state index in [-0.39, 0.29) is 11.5 Å².